The van der Waals surface area contributed by atoms with Crippen LogP contribution in [0.3, 0.4) is 0 Å². The summed E-state index contributed by atoms with van der Waals surface area (Å²) in [5.41, 5.74) is 0.699. The third-order valence-corrected chi connectivity index (χ3v) is 9.41. The van der Waals surface area contributed by atoms with Gasteiger partial charge in [-0.05, 0) is 74.2 Å². The number of aliphatic hydroxyl groups excluding tert-OH is 1. The molecule has 4 rings (SSSR count). The number of nitrogens with zero attached hydrogens (tertiary/aromatic N) is 1. The van der Waals surface area contributed by atoms with Crippen molar-refractivity contribution in [3.05, 3.63) is 90.0 Å². The molecular formula is C31H37Cl2N3O5S. The van der Waals surface area contributed by atoms with Crippen molar-refractivity contribution in [2.75, 3.05) is 20.3 Å². The predicted octanol–water partition coefficient (Wildman–Crippen LogP) is 4.49. The zero-order valence-corrected chi connectivity index (χ0v) is 26.2. The van der Waals surface area contributed by atoms with E-state index in [1.165, 1.54) is 12.1 Å². The highest BCUT2D eigenvalue weighted by Crippen LogP contribution is 2.51. The normalized spacial score (nSPS) is 20.6. The predicted molar refractivity (Wildman–Crippen MR) is 166 cm³/mol. The second-order valence-electron chi connectivity index (χ2n) is 11.0. The van der Waals surface area contributed by atoms with Crippen LogP contribution in [0.2, 0.25) is 0 Å². The fraction of sp³-hybridized carbons (Fsp3) is 0.387. The molecule has 0 spiro atoms. The number of nitrogens with one attached hydrogen (secondary N) is 2. The molecule has 3 unspecified atom stereocenters. The lowest BCUT2D eigenvalue weighted by atomic mass is 9.94. The first-order valence-corrected chi connectivity index (χ1v) is 15.3. The van der Waals surface area contributed by atoms with E-state index in [4.69, 9.17) is 21.1 Å². The molecule has 1 fully saturated rings. The van der Waals surface area contributed by atoms with Crippen molar-refractivity contribution in [1.29, 1.82) is 5.26 Å². The van der Waals surface area contributed by atoms with E-state index in [-0.39, 0.29) is 29.4 Å². The molecule has 11 heteroatoms. The van der Waals surface area contributed by atoms with E-state index in [9.17, 15) is 18.8 Å². The summed E-state index contributed by atoms with van der Waals surface area (Å²) in [6.45, 7) is 4.49. The number of alkyl halides is 1. The maximum absolute atomic E-state index is 13.2. The Balaban J connectivity index is 0.00000484. The molecule has 42 heavy (non-hydrogen) atoms. The van der Waals surface area contributed by atoms with Gasteiger partial charge >= 0.3 is 0 Å². The Morgan fingerprint density at radius 1 is 1.02 bits per heavy atom. The molecule has 0 amide bonds. The number of benzene rings is 3. The smallest absolute Gasteiger partial charge is 0.241 e. The van der Waals surface area contributed by atoms with Crippen LogP contribution in [-0.2, 0) is 22.9 Å². The minimum atomic E-state index is -3.96. The molecule has 1 saturated carbocycles. The Morgan fingerprint density at radius 3 is 2.21 bits per heavy atom. The summed E-state index contributed by atoms with van der Waals surface area (Å²) >= 11 is 6.42. The summed E-state index contributed by atoms with van der Waals surface area (Å²) in [5.74, 6) is 0.592. The summed E-state index contributed by atoms with van der Waals surface area (Å²) in [4.78, 5) is 0.0345. The quantitative estimate of drug-likeness (QED) is 0.224. The van der Waals surface area contributed by atoms with E-state index >= 15 is 0 Å². The van der Waals surface area contributed by atoms with Crippen molar-refractivity contribution in [2.24, 2.45) is 5.92 Å². The van der Waals surface area contributed by atoms with E-state index in [1.807, 2.05) is 54.6 Å². The Morgan fingerprint density at radius 2 is 1.64 bits per heavy atom. The van der Waals surface area contributed by atoms with Crippen molar-refractivity contribution in [1.82, 2.24) is 10.0 Å². The standard InChI is InChI=1S/C31H36ClN3O5S.ClH/c1-30(2,17-23-9-11-25(39-3)12-10-23)34-20-24(36)21-40-26-13-15-27(16-14-26)41(37,38)35-31(28(19-33)29(31)32)18-22-7-5-4-6-8-22;/h4-16,24,28-29,34-36H,17-18,20-21H2,1-3H3;1H/t24-,28?,29?,31?;/m1./s1. The molecule has 4 atom stereocenters. The van der Waals surface area contributed by atoms with Gasteiger partial charge in [-0.1, -0.05) is 42.5 Å². The van der Waals surface area contributed by atoms with Crippen molar-refractivity contribution in [3.63, 3.8) is 0 Å². The second-order valence-corrected chi connectivity index (χ2v) is 13.2. The summed E-state index contributed by atoms with van der Waals surface area (Å²) in [6, 6.07) is 25.3. The van der Waals surface area contributed by atoms with Gasteiger partial charge in [0.15, 0.2) is 0 Å². The van der Waals surface area contributed by atoms with Crippen LogP contribution in [0.25, 0.3) is 0 Å². The first-order valence-electron chi connectivity index (χ1n) is 13.4. The molecule has 3 aromatic rings. The lowest BCUT2D eigenvalue weighted by molar-refractivity contribution is 0.0988. The van der Waals surface area contributed by atoms with Gasteiger partial charge in [-0.2, -0.15) is 5.26 Å². The first kappa shape index (κ1) is 33.7. The number of nitriles is 1. The van der Waals surface area contributed by atoms with Gasteiger partial charge in [0, 0.05) is 12.1 Å². The van der Waals surface area contributed by atoms with Crippen LogP contribution in [-0.4, -0.2) is 56.3 Å². The van der Waals surface area contributed by atoms with Crippen molar-refractivity contribution in [3.8, 4) is 17.6 Å². The Kier molecular flexibility index (Phi) is 11.3. The van der Waals surface area contributed by atoms with E-state index < -0.39 is 33.0 Å². The molecular weight excluding hydrogens is 597 g/mol. The SMILES string of the molecule is COc1ccc(CC(C)(C)NC[C@@H](O)COc2ccc(S(=O)(=O)NC3(Cc4ccccc4)C(Cl)C3C#N)cc2)cc1.Cl. The van der Waals surface area contributed by atoms with Crippen LogP contribution in [0, 0.1) is 17.2 Å². The average Bonchev–Trinajstić information content (AvgIpc) is 3.50. The molecule has 0 aromatic heterocycles. The van der Waals surface area contributed by atoms with Crippen LogP contribution in [0.4, 0.5) is 0 Å². The molecule has 0 radical (unpaired) electrons. The maximum Gasteiger partial charge on any atom is 0.241 e. The molecule has 0 saturated heterocycles. The molecule has 1 aliphatic rings. The van der Waals surface area contributed by atoms with Gasteiger partial charge in [-0.25, -0.2) is 13.1 Å². The molecule has 3 aromatic carbocycles. The zero-order chi connectivity index (χ0) is 29.7. The summed E-state index contributed by atoms with van der Waals surface area (Å²) in [6.07, 6.45) is 0.302. The van der Waals surface area contributed by atoms with Crippen molar-refractivity contribution >= 4 is 34.0 Å². The number of halogens is 2. The lowest BCUT2D eigenvalue weighted by Crippen LogP contribution is -2.46. The Labute approximate surface area is 259 Å². The number of hydrogen-bond donors (Lipinski definition) is 3. The molecule has 0 aliphatic heterocycles. The number of ether oxygens (including phenoxy) is 2. The highest BCUT2D eigenvalue weighted by Gasteiger charge is 2.66. The van der Waals surface area contributed by atoms with Crippen molar-refractivity contribution in [2.45, 2.75) is 54.1 Å². The number of β-amino-alcohol motifs (C(OH)–C–C–N with tert-alkyl or cyclic N) is 1. The van der Waals surface area contributed by atoms with Crippen molar-refractivity contribution < 1.29 is 23.0 Å². The molecule has 8 nitrogen and oxygen atoms in total. The highest BCUT2D eigenvalue weighted by molar-refractivity contribution is 7.89. The number of methoxy groups -OCH3 is 1. The van der Waals surface area contributed by atoms with E-state index in [0.29, 0.717) is 18.7 Å². The van der Waals surface area contributed by atoms with Crippen LogP contribution < -0.4 is 19.5 Å². The molecule has 3 N–H and O–H groups in total. The monoisotopic (exact) mass is 633 g/mol. The second kappa shape index (κ2) is 14.1. The number of rotatable bonds is 14. The maximum atomic E-state index is 13.2. The van der Waals surface area contributed by atoms with Crippen LogP contribution >= 0.6 is 24.0 Å². The van der Waals surface area contributed by atoms with Crippen LogP contribution in [0.15, 0.2) is 83.8 Å². The van der Waals surface area contributed by atoms with Crippen LogP contribution in [0.1, 0.15) is 25.0 Å². The highest BCUT2D eigenvalue weighted by atomic mass is 35.5. The van der Waals surface area contributed by atoms with Gasteiger partial charge in [0.25, 0.3) is 0 Å². The molecule has 0 heterocycles. The summed E-state index contributed by atoms with van der Waals surface area (Å²) < 4.78 is 40.1. The van der Waals surface area contributed by atoms with Gasteiger partial charge in [0.1, 0.15) is 24.2 Å². The Bertz CT molecular complexity index is 1450. The fourth-order valence-corrected chi connectivity index (χ4v) is 6.84. The first-order chi connectivity index (χ1) is 19.5. The van der Waals surface area contributed by atoms with E-state index in [2.05, 4.69) is 30.0 Å². The van der Waals surface area contributed by atoms with Crippen LogP contribution in [0.5, 0.6) is 11.5 Å². The average molecular weight is 635 g/mol. The zero-order valence-electron chi connectivity index (χ0n) is 23.8. The van der Waals surface area contributed by atoms with E-state index in [1.54, 1.807) is 19.2 Å². The van der Waals surface area contributed by atoms with Gasteiger partial charge in [-0.15, -0.1) is 24.0 Å². The van der Waals surface area contributed by atoms with Gasteiger partial charge in [-0.3, -0.25) is 0 Å². The third-order valence-electron chi connectivity index (χ3n) is 7.23. The minimum Gasteiger partial charge on any atom is -0.497 e. The molecule has 0 bridgehead atoms. The van der Waals surface area contributed by atoms with Gasteiger partial charge in [0.2, 0.25) is 10.0 Å². The Hall–Kier alpha value is -2.84. The minimum absolute atomic E-state index is 0. The van der Waals surface area contributed by atoms with Gasteiger partial charge in [0.05, 0.1) is 34.9 Å². The topological polar surface area (TPSA) is 121 Å². The summed E-state index contributed by atoms with van der Waals surface area (Å²) in [7, 11) is -2.33. The molecule has 1 aliphatic carbocycles. The molecule has 226 valence electrons. The number of aliphatic hydroxyl groups is 1. The van der Waals surface area contributed by atoms with Gasteiger partial charge < -0.3 is 19.9 Å². The van der Waals surface area contributed by atoms with E-state index in [0.717, 1.165) is 23.3 Å². The number of sulfonamides is 1. The third kappa shape index (κ3) is 8.38. The summed E-state index contributed by atoms with van der Waals surface area (Å²) in [5, 5.41) is 22.8. The largest absolute Gasteiger partial charge is 0.497 e. The number of hydrogen-bond acceptors (Lipinski definition) is 7. The lowest BCUT2D eigenvalue weighted by Gasteiger charge is -2.28. The fourth-order valence-electron chi connectivity index (χ4n) is 4.86.